The molecule has 2 atom stereocenters. The average Bonchev–Trinajstić information content (AvgIpc) is 2.28. The Balaban J connectivity index is 2.16. The SMILES string of the molecule is CC1CN(c2cccc(NN)n2)CC(C)S1. The van der Waals surface area contributed by atoms with E-state index in [2.05, 4.69) is 29.2 Å². The van der Waals surface area contributed by atoms with Crippen LogP contribution in [-0.4, -0.2) is 28.6 Å². The van der Waals surface area contributed by atoms with E-state index in [-0.39, 0.29) is 0 Å². The Labute approximate surface area is 101 Å². The minimum absolute atomic E-state index is 0.653. The van der Waals surface area contributed by atoms with Gasteiger partial charge in [0.15, 0.2) is 0 Å². The van der Waals surface area contributed by atoms with Gasteiger partial charge in [-0.15, -0.1) is 0 Å². The van der Waals surface area contributed by atoms with E-state index in [1.807, 2.05) is 30.0 Å². The molecule has 88 valence electrons. The maximum absolute atomic E-state index is 5.37. The van der Waals surface area contributed by atoms with Crippen LogP contribution in [0.3, 0.4) is 0 Å². The Morgan fingerprint density at radius 3 is 2.69 bits per heavy atom. The van der Waals surface area contributed by atoms with Gasteiger partial charge in [-0.25, -0.2) is 10.8 Å². The van der Waals surface area contributed by atoms with Crippen LogP contribution in [0.1, 0.15) is 13.8 Å². The summed E-state index contributed by atoms with van der Waals surface area (Å²) in [6.45, 7) is 6.63. The number of pyridine rings is 1. The monoisotopic (exact) mass is 238 g/mol. The van der Waals surface area contributed by atoms with Crippen LogP contribution in [0, 0.1) is 0 Å². The highest BCUT2D eigenvalue weighted by Crippen LogP contribution is 2.27. The van der Waals surface area contributed by atoms with Crippen molar-refractivity contribution < 1.29 is 0 Å². The minimum Gasteiger partial charge on any atom is -0.354 e. The van der Waals surface area contributed by atoms with E-state index in [9.17, 15) is 0 Å². The second kappa shape index (κ2) is 4.93. The minimum atomic E-state index is 0.653. The standard InChI is InChI=1S/C11H18N4S/c1-8-6-15(7-9(2)16-8)11-5-3-4-10(13-11)14-12/h3-5,8-9H,6-7,12H2,1-2H3,(H,13,14). The molecule has 0 aromatic carbocycles. The molecule has 0 spiro atoms. The van der Waals surface area contributed by atoms with Gasteiger partial charge in [0.05, 0.1) is 0 Å². The summed E-state index contributed by atoms with van der Waals surface area (Å²) in [4.78, 5) is 6.79. The number of anilines is 2. The van der Waals surface area contributed by atoms with Crippen LogP contribution in [0.4, 0.5) is 11.6 Å². The summed E-state index contributed by atoms with van der Waals surface area (Å²) >= 11 is 2.04. The number of aromatic nitrogens is 1. The third-order valence-electron chi connectivity index (χ3n) is 2.63. The first-order valence-electron chi connectivity index (χ1n) is 5.53. The smallest absolute Gasteiger partial charge is 0.142 e. The molecule has 2 rings (SSSR count). The van der Waals surface area contributed by atoms with E-state index in [0.29, 0.717) is 10.5 Å². The van der Waals surface area contributed by atoms with Gasteiger partial charge in [-0.05, 0) is 12.1 Å². The van der Waals surface area contributed by atoms with Crippen LogP contribution in [0.15, 0.2) is 18.2 Å². The Morgan fingerprint density at radius 1 is 1.38 bits per heavy atom. The van der Waals surface area contributed by atoms with Crippen LogP contribution in [0.25, 0.3) is 0 Å². The fraction of sp³-hybridized carbons (Fsp3) is 0.545. The lowest BCUT2D eigenvalue weighted by Gasteiger charge is -2.35. The van der Waals surface area contributed by atoms with E-state index in [4.69, 9.17) is 5.84 Å². The predicted octanol–water partition coefficient (Wildman–Crippen LogP) is 1.70. The number of rotatable bonds is 2. The van der Waals surface area contributed by atoms with Crippen molar-refractivity contribution in [2.45, 2.75) is 24.3 Å². The zero-order valence-electron chi connectivity index (χ0n) is 9.68. The van der Waals surface area contributed by atoms with Gasteiger partial charge in [-0.1, -0.05) is 19.9 Å². The van der Waals surface area contributed by atoms with Gasteiger partial charge in [0.2, 0.25) is 0 Å². The van der Waals surface area contributed by atoms with E-state index < -0.39 is 0 Å². The number of hydrazine groups is 1. The van der Waals surface area contributed by atoms with Gasteiger partial charge in [-0.3, -0.25) is 0 Å². The van der Waals surface area contributed by atoms with Crippen molar-refractivity contribution in [2.24, 2.45) is 5.84 Å². The first-order chi connectivity index (χ1) is 7.69. The third-order valence-corrected chi connectivity index (χ3v) is 3.85. The highest BCUT2D eigenvalue weighted by Gasteiger charge is 2.23. The normalized spacial score (nSPS) is 25.6. The molecule has 1 fully saturated rings. The molecule has 0 radical (unpaired) electrons. The van der Waals surface area contributed by atoms with E-state index in [1.165, 1.54) is 0 Å². The molecule has 0 bridgehead atoms. The van der Waals surface area contributed by atoms with Gasteiger partial charge >= 0.3 is 0 Å². The summed E-state index contributed by atoms with van der Waals surface area (Å²) in [5.74, 6) is 7.10. The van der Waals surface area contributed by atoms with Crippen LogP contribution < -0.4 is 16.2 Å². The molecule has 1 aliphatic rings. The maximum atomic E-state index is 5.37. The zero-order valence-corrected chi connectivity index (χ0v) is 10.5. The maximum Gasteiger partial charge on any atom is 0.142 e. The van der Waals surface area contributed by atoms with Crippen LogP contribution in [0.2, 0.25) is 0 Å². The predicted molar refractivity (Wildman–Crippen MR) is 70.8 cm³/mol. The summed E-state index contributed by atoms with van der Waals surface area (Å²) in [6, 6.07) is 5.89. The average molecular weight is 238 g/mol. The van der Waals surface area contributed by atoms with Crippen LogP contribution in [-0.2, 0) is 0 Å². The number of nitrogens with zero attached hydrogens (tertiary/aromatic N) is 2. The van der Waals surface area contributed by atoms with Crippen molar-refractivity contribution in [1.82, 2.24) is 4.98 Å². The van der Waals surface area contributed by atoms with Gasteiger partial charge in [0.25, 0.3) is 0 Å². The quantitative estimate of drug-likeness (QED) is 0.606. The molecule has 2 heterocycles. The van der Waals surface area contributed by atoms with Crippen molar-refractivity contribution >= 4 is 23.4 Å². The fourth-order valence-electron chi connectivity index (χ4n) is 2.04. The highest BCUT2D eigenvalue weighted by molar-refractivity contribution is 8.00. The molecular formula is C11H18N4S. The summed E-state index contributed by atoms with van der Waals surface area (Å²) in [5.41, 5.74) is 2.59. The number of nitrogens with two attached hydrogens (primary N) is 1. The lowest BCUT2D eigenvalue weighted by molar-refractivity contribution is 0.719. The van der Waals surface area contributed by atoms with E-state index in [1.54, 1.807) is 0 Å². The third kappa shape index (κ3) is 2.59. The van der Waals surface area contributed by atoms with E-state index in [0.717, 1.165) is 24.7 Å². The molecule has 1 aromatic heterocycles. The molecule has 0 aliphatic carbocycles. The molecule has 5 heteroatoms. The molecule has 1 aromatic rings. The summed E-state index contributed by atoms with van der Waals surface area (Å²) in [5, 5.41) is 1.31. The first-order valence-corrected chi connectivity index (χ1v) is 6.47. The van der Waals surface area contributed by atoms with Crippen molar-refractivity contribution in [2.75, 3.05) is 23.4 Å². The molecule has 0 amide bonds. The Hall–Kier alpha value is -0.940. The van der Waals surface area contributed by atoms with Crippen molar-refractivity contribution in [3.63, 3.8) is 0 Å². The topological polar surface area (TPSA) is 54.2 Å². The molecule has 1 aliphatic heterocycles. The zero-order chi connectivity index (χ0) is 11.5. The molecule has 16 heavy (non-hydrogen) atoms. The number of hydrogen-bond donors (Lipinski definition) is 2. The fourth-order valence-corrected chi connectivity index (χ4v) is 3.37. The van der Waals surface area contributed by atoms with Gasteiger partial charge < -0.3 is 10.3 Å². The summed E-state index contributed by atoms with van der Waals surface area (Å²) < 4.78 is 0. The van der Waals surface area contributed by atoms with Crippen molar-refractivity contribution in [3.8, 4) is 0 Å². The van der Waals surface area contributed by atoms with E-state index >= 15 is 0 Å². The molecule has 1 saturated heterocycles. The molecular weight excluding hydrogens is 220 g/mol. The lowest BCUT2D eigenvalue weighted by Crippen LogP contribution is -2.40. The summed E-state index contributed by atoms with van der Waals surface area (Å²) in [6.07, 6.45) is 0. The second-order valence-electron chi connectivity index (χ2n) is 4.19. The molecule has 3 N–H and O–H groups in total. The summed E-state index contributed by atoms with van der Waals surface area (Å²) in [7, 11) is 0. The number of nitrogen functional groups attached to an aromatic ring is 1. The number of thioether (sulfide) groups is 1. The first kappa shape index (κ1) is 11.5. The van der Waals surface area contributed by atoms with Gasteiger partial charge in [0.1, 0.15) is 11.6 Å². The van der Waals surface area contributed by atoms with Gasteiger partial charge in [-0.2, -0.15) is 11.8 Å². The number of hydrogen-bond acceptors (Lipinski definition) is 5. The molecule has 4 nitrogen and oxygen atoms in total. The van der Waals surface area contributed by atoms with Crippen molar-refractivity contribution in [3.05, 3.63) is 18.2 Å². The Bertz CT molecular complexity index is 348. The lowest BCUT2D eigenvalue weighted by atomic mass is 10.3. The number of nitrogens with one attached hydrogen (secondary N) is 1. The molecule has 2 unspecified atom stereocenters. The van der Waals surface area contributed by atoms with Crippen LogP contribution in [0.5, 0.6) is 0 Å². The van der Waals surface area contributed by atoms with Crippen LogP contribution >= 0.6 is 11.8 Å². The van der Waals surface area contributed by atoms with Crippen molar-refractivity contribution in [1.29, 1.82) is 0 Å². The Morgan fingerprint density at radius 2 is 2.06 bits per heavy atom. The second-order valence-corrected chi connectivity index (χ2v) is 6.07. The highest BCUT2D eigenvalue weighted by atomic mass is 32.2. The molecule has 0 saturated carbocycles. The van der Waals surface area contributed by atoms with Gasteiger partial charge in [0, 0.05) is 23.6 Å². The largest absolute Gasteiger partial charge is 0.354 e. The Kier molecular flexibility index (Phi) is 3.56.